The molecule has 0 aliphatic heterocycles. The van der Waals surface area contributed by atoms with E-state index in [0.717, 1.165) is 0 Å². The van der Waals surface area contributed by atoms with Gasteiger partial charge in [0.1, 0.15) is 0 Å². The molecule has 0 amide bonds. The average molecular weight is 263 g/mol. The van der Waals surface area contributed by atoms with Crippen molar-refractivity contribution in [1.82, 2.24) is 0 Å². The molecule has 3 aromatic rings. The lowest BCUT2D eigenvalue weighted by molar-refractivity contribution is 0.869. The Kier molecular flexibility index (Phi) is 3.13. The molecule has 0 saturated carbocycles. The lowest BCUT2D eigenvalue weighted by Crippen LogP contribution is -2.07. The number of nitrogens with zero attached hydrogens (tertiary/aromatic N) is 1. The van der Waals surface area contributed by atoms with Crippen LogP contribution in [0.2, 0.25) is 0 Å². The molecule has 0 N–H and O–H groups in total. The van der Waals surface area contributed by atoms with E-state index in [1.807, 2.05) is 0 Å². The molecular formula is C19H21N. The molecule has 3 rings (SSSR count). The molecule has 0 unspecified atom stereocenters. The lowest BCUT2D eigenvalue weighted by atomic mass is 9.97. The summed E-state index contributed by atoms with van der Waals surface area (Å²) < 4.78 is 0. The first kappa shape index (κ1) is 13.0. The summed E-state index contributed by atoms with van der Waals surface area (Å²) in [5, 5.41) is 5.27. The zero-order valence-electron chi connectivity index (χ0n) is 12.6. The molecule has 0 aliphatic carbocycles. The van der Waals surface area contributed by atoms with Gasteiger partial charge >= 0.3 is 0 Å². The first-order valence-electron chi connectivity index (χ1n) is 7.19. The van der Waals surface area contributed by atoms with Crippen molar-refractivity contribution in [2.24, 2.45) is 0 Å². The summed E-state index contributed by atoms with van der Waals surface area (Å²) in [4.78, 5) is 2.14. The highest BCUT2D eigenvalue weighted by Crippen LogP contribution is 2.28. The zero-order chi connectivity index (χ0) is 14.3. The Hall–Kier alpha value is -2.02. The first-order chi connectivity index (χ1) is 9.54. The van der Waals surface area contributed by atoms with Gasteiger partial charge in [0.25, 0.3) is 0 Å². The summed E-state index contributed by atoms with van der Waals surface area (Å²) in [5.74, 6) is 0.575. The van der Waals surface area contributed by atoms with Crippen LogP contribution in [0.3, 0.4) is 0 Å². The van der Waals surface area contributed by atoms with Crippen molar-refractivity contribution < 1.29 is 0 Å². The van der Waals surface area contributed by atoms with Crippen molar-refractivity contribution in [3.8, 4) is 0 Å². The van der Waals surface area contributed by atoms with Crippen molar-refractivity contribution in [2.75, 3.05) is 19.0 Å². The van der Waals surface area contributed by atoms with E-state index in [0.29, 0.717) is 5.92 Å². The highest BCUT2D eigenvalue weighted by Gasteiger charge is 2.04. The van der Waals surface area contributed by atoms with Crippen molar-refractivity contribution in [1.29, 1.82) is 0 Å². The van der Waals surface area contributed by atoms with Crippen molar-refractivity contribution in [2.45, 2.75) is 19.8 Å². The van der Waals surface area contributed by atoms with Crippen LogP contribution in [0.5, 0.6) is 0 Å². The maximum Gasteiger partial charge on any atom is 0.0367 e. The molecule has 0 aromatic heterocycles. The number of anilines is 1. The largest absolute Gasteiger partial charge is 0.378 e. The van der Waals surface area contributed by atoms with E-state index >= 15 is 0 Å². The number of hydrogen-bond donors (Lipinski definition) is 0. The topological polar surface area (TPSA) is 3.24 Å². The van der Waals surface area contributed by atoms with Crippen LogP contribution >= 0.6 is 0 Å². The van der Waals surface area contributed by atoms with Gasteiger partial charge in [0.05, 0.1) is 0 Å². The smallest absolute Gasteiger partial charge is 0.0367 e. The summed E-state index contributed by atoms with van der Waals surface area (Å²) in [5.41, 5.74) is 2.65. The van der Waals surface area contributed by atoms with Crippen LogP contribution in [0.25, 0.3) is 21.5 Å². The van der Waals surface area contributed by atoms with E-state index < -0.39 is 0 Å². The van der Waals surface area contributed by atoms with Gasteiger partial charge in [-0.05, 0) is 57.3 Å². The average Bonchev–Trinajstić information content (AvgIpc) is 2.43. The van der Waals surface area contributed by atoms with Gasteiger partial charge in [0, 0.05) is 19.8 Å². The maximum absolute atomic E-state index is 2.32. The molecular weight excluding hydrogens is 242 g/mol. The SMILES string of the molecule is CC(C)c1ccc2cc3cc(N(C)C)ccc3cc2c1. The van der Waals surface area contributed by atoms with E-state index in [2.05, 4.69) is 81.4 Å². The summed E-state index contributed by atoms with van der Waals surface area (Å²) in [7, 11) is 4.16. The summed E-state index contributed by atoms with van der Waals surface area (Å²) in [6.07, 6.45) is 0. The third kappa shape index (κ3) is 2.24. The van der Waals surface area contributed by atoms with E-state index in [-0.39, 0.29) is 0 Å². The maximum atomic E-state index is 2.32. The molecule has 20 heavy (non-hydrogen) atoms. The van der Waals surface area contributed by atoms with E-state index in [1.165, 1.54) is 32.8 Å². The quantitative estimate of drug-likeness (QED) is 0.576. The third-order valence-corrected chi connectivity index (χ3v) is 3.99. The Morgan fingerprint density at radius 1 is 0.700 bits per heavy atom. The Labute approximate surface area is 120 Å². The molecule has 1 heteroatoms. The predicted octanol–water partition coefficient (Wildman–Crippen LogP) is 5.18. The van der Waals surface area contributed by atoms with Gasteiger partial charge in [-0.3, -0.25) is 0 Å². The molecule has 102 valence electrons. The fraction of sp³-hybridized carbons (Fsp3) is 0.263. The Bertz CT molecular complexity index is 702. The Morgan fingerprint density at radius 2 is 1.30 bits per heavy atom. The van der Waals surface area contributed by atoms with Crippen LogP contribution in [0.4, 0.5) is 5.69 Å². The highest BCUT2D eigenvalue weighted by atomic mass is 15.1. The van der Waals surface area contributed by atoms with Crippen LogP contribution in [-0.4, -0.2) is 14.1 Å². The van der Waals surface area contributed by atoms with Crippen molar-refractivity contribution >= 4 is 27.2 Å². The molecule has 0 atom stereocenters. The molecule has 0 spiro atoms. The third-order valence-electron chi connectivity index (χ3n) is 3.99. The molecule has 0 aliphatic rings. The van der Waals surface area contributed by atoms with E-state index in [4.69, 9.17) is 0 Å². The standard InChI is InChI=1S/C19H21N/c1-13(2)14-5-6-15-11-18-12-19(20(3)4)8-7-16(18)10-17(15)9-14/h5-13H,1-4H3. The van der Waals surface area contributed by atoms with Gasteiger partial charge in [0.2, 0.25) is 0 Å². The Morgan fingerprint density at radius 3 is 1.90 bits per heavy atom. The van der Waals surface area contributed by atoms with Gasteiger partial charge in [0.15, 0.2) is 0 Å². The normalized spacial score (nSPS) is 11.4. The number of fused-ring (bicyclic) bond motifs is 2. The summed E-state index contributed by atoms with van der Waals surface area (Å²) in [6.45, 7) is 4.48. The molecule has 0 fully saturated rings. The minimum atomic E-state index is 0.575. The van der Waals surface area contributed by atoms with Gasteiger partial charge in [-0.15, -0.1) is 0 Å². The first-order valence-corrected chi connectivity index (χ1v) is 7.19. The minimum Gasteiger partial charge on any atom is -0.378 e. The van der Waals surface area contributed by atoms with Crippen LogP contribution in [-0.2, 0) is 0 Å². The molecule has 3 aromatic carbocycles. The second-order valence-corrected chi connectivity index (χ2v) is 6.04. The number of rotatable bonds is 2. The summed E-state index contributed by atoms with van der Waals surface area (Å²) in [6, 6.07) is 18.1. The second-order valence-electron chi connectivity index (χ2n) is 6.04. The lowest BCUT2D eigenvalue weighted by Gasteiger charge is -2.14. The van der Waals surface area contributed by atoms with Gasteiger partial charge in [-0.2, -0.15) is 0 Å². The molecule has 0 bridgehead atoms. The monoisotopic (exact) mass is 263 g/mol. The number of benzene rings is 3. The van der Waals surface area contributed by atoms with Crippen LogP contribution in [0.15, 0.2) is 48.5 Å². The van der Waals surface area contributed by atoms with E-state index in [9.17, 15) is 0 Å². The summed E-state index contributed by atoms with van der Waals surface area (Å²) >= 11 is 0. The van der Waals surface area contributed by atoms with Crippen LogP contribution < -0.4 is 4.90 Å². The molecule has 0 heterocycles. The molecule has 0 saturated heterocycles. The van der Waals surface area contributed by atoms with Crippen molar-refractivity contribution in [3.05, 3.63) is 54.1 Å². The highest BCUT2D eigenvalue weighted by molar-refractivity contribution is 5.99. The van der Waals surface area contributed by atoms with Gasteiger partial charge < -0.3 is 4.90 Å². The molecule has 0 radical (unpaired) electrons. The Balaban J connectivity index is 2.22. The van der Waals surface area contributed by atoms with E-state index in [1.54, 1.807) is 0 Å². The second kappa shape index (κ2) is 4.82. The van der Waals surface area contributed by atoms with Gasteiger partial charge in [-0.1, -0.05) is 38.1 Å². The van der Waals surface area contributed by atoms with Crippen LogP contribution in [0, 0.1) is 0 Å². The van der Waals surface area contributed by atoms with Gasteiger partial charge in [-0.25, -0.2) is 0 Å². The zero-order valence-corrected chi connectivity index (χ0v) is 12.6. The number of hydrogen-bond acceptors (Lipinski definition) is 1. The minimum absolute atomic E-state index is 0.575. The fourth-order valence-corrected chi connectivity index (χ4v) is 2.64. The predicted molar refractivity (Wildman–Crippen MR) is 89.9 cm³/mol. The fourth-order valence-electron chi connectivity index (χ4n) is 2.64. The van der Waals surface area contributed by atoms with Crippen LogP contribution in [0.1, 0.15) is 25.3 Å². The molecule has 1 nitrogen and oxygen atoms in total. The van der Waals surface area contributed by atoms with Crippen molar-refractivity contribution in [3.63, 3.8) is 0 Å².